The number of aryl methyl sites for hydroxylation is 1. The van der Waals surface area contributed by atoms with E-state index in [1.807, 2.05) is 0 Å². The van der Waals surface area contributed by atoms with Gasteiger partial charge in [-0.3, -0.25) is 4.79 Å². The van der Waals surface area contributed by atoms with Gasteiger partial charge in [0, 0.05) is 15.8 Å². The number of rotatable bonds is 2. The summed E-state index contributed by atoms with van der Waals surface area (Å²) in [5.41, 5.74) is 7.55. The van der Waals surface area contributed by atoms with Crippen LogP contribution in [0.2, 0.25) is 0 Å². The molecule has 98 valence electrons. The molecule has 0 unspecified atom stereocenters. The summed E-state index contributed by atoms with van der Waals surface area (Å²) in [6.07, 6.45) is 0. The van der Waals surface area contributed by atoms with Gasteiger partial charge in [-0.15, -0.1) is 0 Å². The summed E-state index contributed by atoms with van der Waals surface area (Å²) in [6, 6.07) is 9.46. The topological polar surface area (TPSA) is 55.1 Å². The highest BCUT2D eigenvalue weighted by molar-refractivity contribution is 9.10. The highest BCUT2D eigenvalue weighted by Gasteiger charge is 2.12. The summed E-state index contributed by atoms with van der Waals surface area (Å²) in [6.45, 7) is 1.77. The number of nitrogens with one attached hydrogen (secondary N) is 1. The molecule has 3 N–H and O–H groups in total. The monoisotopic (exact) mass is 322 g/mol. The number of benzene rings is 2. The lowest BCUT2D eigenvalue weighted by Gasteiger charge is -2.08. The average Bonchev–Trinajstić information content (AvgIpc) is 2.33. The number of hydrogen-bond donors (Lipinski definition) is 2. The Labute approximate surface area is 118 Å². The van der Waals surface area contributed by atoms with Gasteiger partial charge in [-0.1, -0.05) is 6.07 Å². The number of hydrogen-bond acceptors (Lipinski definition) is 2. The Morgan fingerprint density at radius 1 is 1.26 bits per heavy atom. The van der Waals surface area contributed by atoms with Gasteiger partial charge in [-0.05, 0) is 58.7 Å². The zero-order valence-corrected chi connectivity index (χ0v) is 11.8. The zero-order chi connectivity index (χ0) is 14.0. The van der Waals surface area contributed by atoms with Gasteiger partial charge in [0.2, 0.25) is 0 Å². The smallest absolute Gasteiger partial charge is 0.258 e. The molecule has 2 rings (SSSR count). The molecule has 0 heterocycles. The molecule has 2 aromatic rings. The number of nitrogen functional groups attached to an aromatic ring is 1. The van der Waals surface area contributed by atoms with Crippen LogP contribution in [0.5, 0.6) is 0 Å². The van der Waals surface area contributed by atoms with Gasteiger partial charge in [0.25, 0.3) is 5.91 Å². The molecule has 0 aliphatic heterocycles. The first-order valence-corrected chi connectivity index (χ1v) is 6.39. The molecule has 0 aliphatic rings. The maximum Gasteiger partial charge on any atom is 0.258 e. The van der Waals surface area contributed by atoms with Crippen molar-refractivity contribution in [1.29, 1.82) is 0 Å². The lowest BCUT2D eigenvalue weighted by atomic mass is 10.1. The Bertz CT molecular complexity index is 643. The second-order valence-electron chi connectivity index (χ2n) is 4.17. The maximum atomic E-state index is 13.7. The molecule has 1 amide bonds. The van der Waals surface area contributed by atoms with Crippen LogP contribution >= 0.6 is 15.9 Å². The molecular formula is C14H12BrFN2O. The van der Waals surface area contributed by atoms with E-state index in [1.165, 1.54) is 12.1 Å². The molecule has 0 radical (unpaired) electrons. The van der Waals surface area contributed by atoms with Gasteiger partial charge in [-0.2, -0.15) is 0 Å². The first-order valence-electron chi connectivity index (χ1n) is 5.60. The van der Waals surface area contributed by atoms with Crippen LogP contribution in [-0.4, -0.2) is 5.91 Å². The number of amides is 1. The fourth-order valence-corrected chi connectivity index (χ4v) is 1.99. The van der Waals surface area contributed by atoms with E-state index in [0.29, 0.717) is 15.8 Å². The highest BCUT2D eigenvalue weighted by Crippen LogP contribution is 2.23. The molecular weight excluding hydrogens is 311 g/mol. The van der Waals surface area contributed by atoms with Gasteiger partial charge >= 0.3 is 0 Å². The van der Waals surface area contributed by atoms with Crippen LogP contribution in [0.1, 0.15) is 15.9 Å². The lowest BCUT2D eigenvalue weighted by molar-refractivity contribution is 0.102. The predicted octanol–water partition coefficient (Wildman–Crippen LogP) is 3.73. The van der Waals surface area contributed by atoms with Gasteiger partial charge in [0.1, 0.15) is 5.82 Å². The Kier molecular flexibility index (Phi) is 3.85. The Morgan fingerprint density at radius 2 is 2.00 bits per heavy atom. The molecule has 0 aromatic heterocycles. The van der Waals surface area contributed by atoms with Crippen molar-refractivity contribution < 1.29 is 9.18 Å². The first-order chi connectivity index (χ1) is 8.97. The van der Waals surface area contributed by atoms with Crippen molar-refractivity contribution in [2.75, 3.05) is 11.1 Å². The van der Waals surface area contributed by atoms with Crippen LogP contribution in [0, 0.1) is 12.7 Å². The molecule has 0 bridgehead atoms. The van der Waals surface area contributed by atoms with E-state index in [0.717, 1.165) is 5.56 Å². The van der Waals surface area contributed by atoms with Crippen LogP contribution in [0.4, 0.5) is 15.8 Å². The van der Waals surface area contributed by atoms with E-state index in [9.17, 15) is 9.18 Å². The van der Waals surface area contributed by atoms with E-state index < -0.39 is 11.7 Å². The largest absolute Gasteiger partial charge is 0.398 e. The molecule has 0 fully saturated rings. The van der Waals surface area contributed by atoms with Crippen molar-refractivity contribution >= 4 is 33.2 Å². The molecule has 3 nitrogen and oxygen atoms in total. The normalized spacial score (nSPS) is 10.3. The number of carbonyl (C=O) groups excluding carboxylic acids is 1. The van der Waals surface area contributed by atoms with E-state index in [2.05, 4.69) is 21.2 Å². The number of anilines is 2. The minimum atomic E-state index is -0.535. The van der Waals surface area contributed by atoms with Crippen molar-refractivity contribution in [2.45, 2.75) is 6.92 Å². The lowest BCUT2D eigenvalue weighted by Crippen LogP contribution is -2.13. The minimum absolute atomic E-state index is 0.0125. The van der Waals surface area contributed by atoms with E-state index in [1.54, 1.807) is 31.2 Å². The van der Waals surface area contributed by atoms with Crippen LogP contribution in [0.3, 0.4) is 0 Å². The van der Waals surface area contributed by atoms with Gasteiger partial charge in [0.05, 0.1) is 5.56 Å². The third kappa shape index (κ3) is 3.12. The van der Waals surface area contributed by atoms with Gasteiger partial charge < -0.3 is 11.1 Å². The van der Waals surface area contributed by atoms with Crippen LogP contribution in [0.15, 0.2) is 40.9 Å². The highest BCUT2D eigenvalue weighted by atomic mass is 79.9. The number of nitrogens with two attached hydrogens (primary N) is 1. The minimum Gasteiger partial charge on any atom is -0.398 e. The fourth-order valence-electron chi connectivity index (χ4n) is 1.61. The molecule has 0 saturated carbocycles. The second-order valence-corrected chi connectivity index (χ2v) is 5.03. The zero-order valence-electron chi connectivity index (χ0n) is 10.2. The van der Waals surface area contributed by atoms with E-state index in [4.69, 9.17) is 5.73 Å². The Hall–Kier alpha value is -1.88. The predicted molar refractivity (Wildman–Crippen MR) is 77.6 cm³/mol. The summed E-state index contributed by atoms with van der Waals surface area (Å²) >= 11 is 3.27. The summed E-state index contributed by atoms with van der Waals surface area (Å²) in [5.74, 6) is -1.03. The SMILES string of the molecule is Cc1ccc(C(=O)Nc2ccc(N)c(Br)c2)c(F)c1. The molecule has 19 heavy (non-hydrogen) atoms. The van der Waals surface area contributed by atoms with Crippen molar-refractivity contribution in [3.63, 3.8) is 0 Å². The van der Waals surface area contributed by atoms with E-state index in [-0.39, 0.29) is 5.56 Å². The van der Waals surface area contributed by atoms with Crippen LogP contribution in [-0.2, 0) is 0 Å². The van der Waals surface area contributed by atoms with E-state index >= 15 is 0 Å². The third-order valence-corrected chi connectivity index (χ3v) is 3.31. The summed E-state index contributed by atoms with van der Waals surface area (Å²) in [4.78, 5) is 11.9. The molecule has 2 aromatic carbocycles. The quantitative estimate of drug-likeness (QED) is 0.828. The van der Waals surface area contributed by atoms with Gasteiger partial charge in [-0.25, -0.2) is 4.39 Å². The molecule has 5 heteroatoms. The molecule has 0 aliphatic carbocycles. The standard InChI is InChI=1S/C14H12BrFN2O/c1-8-2-4-10(12(16)6-8)14(19)18-9-3-5-13(17)11(15)7-9/h2-7H,17H2,1H3,(H,18,19). The Morgan fingerprint density at radius 3 is 2.63 bits per heavy atom. The second kappa shape index (κ2) is 5.40. The van der Waals surface area contributed by atoms with Crippen molar-refractivity contribution in [1.82, 2.24) is 0 Å². The van der Waals surface area contributed by atoms with Crippen molar-refractivity contribution in [2.24, 2.45) is 0 Å². The molecule has 0 atom stereocenters. The Balaban J connectivity index is 2.23. The summed E-state index contributed by atoms with van der Waals surface area (Å²) in [7, 11) is 0. The summed E-state index contributed by atoms with van der Waals surface area (Å²) in [5, 5.41) is 2.62. The van der Waals surface area contributed by atoms with Crippen LogP contribution in [0.25, 0.3) is 0 Å². The van der Waals surface area contributed by atoms with Gasteiger partial charge in [0.15, 0.2) is 0 Å². The number of halogens is 2. The van der Waals surface area contributed by atoms with Crippen LogP contribution < -0.4 is 11.1 Å². The average molecular weight is 323 g/mol. The third-order valence-electron chi connectivity index (χ3n) is 2.63. The fraction of sp³-hybridized carbons (Fsp3) is 0.0714. The number of carbonyl (C=O) groups is 1. The van der Waals surface area contributed by atoms with Crippen molar-refractivity contribution in [3.8, 4) is 0 Å². The maximum absolute atomic E-state index is 13.7. The summed E-state index contributed by atoms with van der Waals surface area (Å²) < 4.78 is 14.3. The van der Waals surface area contributed by atoms with Crippen molar-refractivity contribution in [3.05, 3.63) is 57.8 Å². The molecule has 0 saturated heterocycles. The first kappa shape index (κ1) is 13.5. The molecule has 0 spiro atoms.